The van der Waals surface area contributed by atoms with Crippen molar-refractivity contribution in [3.05, 3.63) is 106 Å². The molecule has 3 aromatic rings. The van der Waals surface area contributed by atoms with Crippen LogP contribution in [0.15, 0.2) is 78.9 Å². The van der Waals surface area contributed by atoms with Crippen LogP contribution in [0.1, 0.15) is 31.8 Å². The van der Waals surface area contributed by atoms with Gasteiger partial charge in [0.2, 0.25) is 0 Å². The number of hydrogen-bond acceptors (Lipinski definition) is 4. The molecule has 0 bridgehead atoms. The quantitative estimate of drug-likeness (QED) is 0.439. The van der Waals surface area contributed by atoms with Gasteiger partial charge in [0.1, 0.15) is 0 Å². The van der Waals surface area contributed by atoms with E-state index < -0.39 is 5.97 Å². The van der Waals surface area contributed by atoms with Crippen LogP contribution in [0.2, 0.25) is 5.02 Å². The lowest BCUT2D eigenvalue weighted by molar-refractivity contribution is -0.124. The molecule has 3 aromatic carbocycles. The van der Waals surface area contributed by atoms with Crippen molar-refractivity contribution in [1.29, 1.82) is 0 Å². The first-order valence-electron chi connectivity index (χ1n) is 9.41. The topological polar surface area (TPSA) is 72.5 Å². The second-order valence-corrected chi connectivity index (χ2v) is 7.01. The van der Waals surface area contributed by atoms with E-state index >= 15 is 0 Å². The third-order valence-electron chi connectivity index (χ3n) is 4.40. The van der Waals surface area contributed by atoms with E-state index in [1.807, 2.05) is 18.2 Å². The van der Waals surface area contributed by atoms with Crippen molar-refractivity contribution in [1.82, 2.24) is 5.32 Å². The van der Waals surface area contributed by atoms with E-state index in [-0.39, 0.29) is 23.9 Å². The van der Waals surface area contributed by atoms with Crippen molar-refractivity contribution in [3.8, 4) is 0 Å². The number of halogens is 1. The molecule has 0 atom stereocenters. The lowest BCUT2D eigenvalue weighted by Gasteiger charge is -2.07. The largest absolute Gasteiger partial charge is 0.452 e. The molecule has 1 amide bonds. The number of benzene rings is 3. The van der Waals surface area contributed by atoms with E-state index in [2.05, 4.69) is 5.32 Å². The Kier molecular flexibility index (Phi) is 7.35. The second-order valence-electron chi connectivity index (χ2n) is 6.58. The fraction of sp³-hybridized carbons (Fsp3) is 0.125. The number of carbonyl (C=O) groups excluding carboxylic acids is 3. The van der Waals surface area contributed by atoms with Gasteiger partial charge in [-0.3, -0.25) is 9.59 Å². The van der Waals surface area contributed by atoms with Gasteiger partial charge < -0.3 is 10.1 Å². The molecule has 0 aliphatic rings. The number of ether oxygens (including phenoxy) is 1. The molecule has 0 heterocycles. The fourth-order valence-corrected chi connectivity index (χ4v) is 2.90. The highest BCUT2D eigenvalue weighted by Gasteiger charge is 2.13. The van der Waals surface area contributed by atoms with Crippen LogP contribution >= 0.6 is 11.6 Å². The summed E-state index contributed by atoms with van der Waals surface area (Å²) < 4.78 is 5.04. The summed E-state index contributed by atoms with van der Waals surface area (Å²) in [6.07, 6.45) is 0.647. The summed E-state index contributed by atoms with van der Waals surface area (Å²) in [5, 5.41) is 3.36. The van der Waals surface area contributed by atoms with E-state index in [4.69, 9.17) is 16.3 Å². The van der Waals surface area contributed by atoms with Gasteiger partial charge in [-0.15, -0.1) is 0 Å². The zero-order valence-electron chi connectivity index (χ0n) is 16.1. The van der Waals surface area contributed by atoms with Crippen molar-refractivity contribution in [2.24, 2.45) is 0 Å². The molecule has 0 aliphatic carbocycles. The highest BCUT2D eigenvalue weighted by molar-refractivity contribution is 6.30. The summed E-state index contributed by atoms with van der Waals surface area (Å²) in [5.74, 6) is -1.13. The van der Waals surface area contributed by atoms with Crippen LogP contribution in [0.25, 0.3) is 0 Å². The average molecular weight is 422 g/mol. The predicted octanol–water partition coefficient (Wildman–Crippen LogP) is 4.09. The molecule has 30 heavy (non-hydrogen) atoms. The second kappa shape index (κ2) is 10.4. The van der Waals surface area contributed by atoms with Crippen LogP contribution in [-0.2, 0) is 16.0 Å². The number of carbonyl (C=O) groups is 3. The number of nitrogens with one attached hydrogen (secondary N) is 1. The summed E-state index contributed by atoms with van der Waals surface area (Å²) in [5.41, 5.74) is 2.36. The molecule has 5 nitrogen and oxygen atoms in total. The zero-order valence-corrected chi connectivity index (χ0v) is 16.9. The zero-order chi connectivity index (χ0) is 21.3. The first-order chi connectivity index (χ1) is 14.5. The van der Waals surface area contributed by atoms with Gasteiger partial charge in [0.15, 0.2) is 12.4 Å². The van der Waals surface area contributed by atoms with Crippen molar-refractivity contribution in [2.75, 3.05) is 13.2 Å². The van der Waals surface area contributed by atoms with E-state index in [0.717, 1.165) is 5.56 Å². The van der Waals surface area contributed by atoms with Crippen molar-refractivity contribution in [3.63, 3.8) is 0 Å². The highest BCUT2D eigenvalue weighted by atomic mass is 35.5. The standard InChI is InChI=1S/C24H20ClNO4/c25-21-12-6-17(7-13-21)14-15-26-22(27)16-30-24(29)20-10-8-19(9-11-20)23(28)18-4-2-1-3-5-18/h1-13H,14-16H2,(H,26,27). The molecule has 0 aromatic heterocycles. The minimum Gasteiger partial charge on any atom is -0.452 e. The SMILES string of the molecule is O=C(COC(=O)c1ccc(C(=O)c2ccccc2)cc1)NCCc1ccc(Cl)cc1. The van der Waals surface area contributed by atoms with Gasteiger partial charge in [-0.2, -0.15) is 0 Å². The van der Waals surface area contributed by atoms with Gasteiger partial charge >= 0.3 is 5.97 Å². The third kappa shape index (κ3) is 6.03. The molecule has 0 fully saturated rings. The number of rotatable bonds is 8. The van der Waals surface area contributed by atoms with E-state index in [9.17, 15) is 14.4 Å². The molecule has 0 spiro atoms. The van der Waals surface area contributed by atoms with E-state index in [0.29, 0.717) is 29.1 Å². The van der Waals surface area contributed by atoms with Gasteiger partial charge in [-0.25, -0.2) is 4.79 Å². The Bertz CT molecular complexity index is 1020. The molecule has 3 rings (SSSR count). The third-order valence-corrected chi connectivity index (χ3v) is 4.65. The maximum absolute atomic E-state index is 12.4. The number of esters is 1. The van der Waals surface area contributed by atoms with Crippen LogP contribution in [0, 0.1) is 0 Å². The lowest BCUT2D eigenvalue weighted by atomic mass is 10.0. The monoisotopic (exact) mass is 421 g/mol. The first-order valence-corrected chi connectivity index (χ1v) is 9.79. The Morgan fingerprint density at radius 2 is 1.37 bits per heavy atom. The van der Waals surface area contributed by atoms with Crippen molar-refractivity contribution >= 4 is 29.3 Å². The average Bonchev–Trinajstić information content (AvgIpc) is 2.79. The summed E-state index contributed by atoms with van der Waals surface area (Å²) in [7, 11) is 0. The van der Waals surface area contributed by atoms with E-state index in [1.54, 1.807) is 48.5 Å². The molecular formula is C24H20ClNO4. The lowest BCUT2D eigenvalue weighted by Crippen LogP contribution is -2.30. The van der Waals surface area contributed by atoms with Gasteiger partial charge in [-0.05, 0) is 36.2 Å². The molecular weight excluding hydrogens is 402 g/mol. The van der Waals surface area contributed by atoms with E-state index in [1.165, 1.54) is 12.1 Å². The molecule has 0 saturated heterocycles. The summed E-state index contributed by atoms with van der Waals surface area (Å²) in [6.45, 7) is 0.0540. The Balaban J connectivity index is 1.44. The maximum atomic E-state index is 12.4. The first kappa shape index (κ1) is 21.3. The highest BCUT2D eigenvalue weighted by Crippen LogP contribution is 2.12. The predicted molar refractivity (Wildman–Crippen MR) is 115 cm³/mol. The fourth-order valence-electron chi connectivity index (χ4n) is 2.78. The molecule has 0 aliphatic heterocycles. The number of hydrogen-bond donors (Lipinski definition) is 1. The van der Waals surface area contributed by atoms with Crippen molar-refractivity contribution < 1.29 is 19.1 Å². The molecule has 152 valence electrons. The summed E-state index contributed by atoms with van der Waals surface area (Å²) >= 11 is 5.83. The number of amides is 1. The maximum Gasteiger partial charge on any atom is 0.338 e. The molecule has 0 unspecified atom stereocenters. The van der Waals surface area contributed by atoms with Crippen LogP contribution < -0.4 is 5.32 Å². The Labute approximate surface area is 179 Å². The molecule has 6 heteroatoms. The minimum absolute atomic E-state index is 0.129. The van der Waals surface area contributed by atoms with Gasteiger partial charge in [0.05, 0.1) is 5.56 Å². The Morgan fingerprint density at radius 1 is 0.767 bits per heavy atom. The normalized spacial score (nSPS) is 10.3. The minimum atomic E-state index is -0.624. The Hall–Kier alpha value is -3.44. The Morgan fingerprint density at radius 3 is 2.03 bits per heavy atom. The van der Waals surface area contributed by atoms with Crippen LogP contribution in [0.4, 0.5) is 0 Å². The smallest absolute Gasteiger partial charge is 0.338 e. The van der Waals surface area contributed by atoms with Gasteiger partial charge in [0, 0.05) is 22.7 Å². The molecule has 0 saturated carbocycles. The summed E-state index contributed by atoms with van der Waals surface area (Å²) in [6, 6.07) is 22.4. The van der Waals surface area contributed by atoms with Crippen LogP contribution in [0.3, 0.4) is 0 Å². The number of ketones is 1. The molecule has 1 N–H and O–H groups in total. The van der Waals surface area contributed by atoms with Crippen LogP contribution in [0.5, 0.6) is 0 Å². The summed E-state index contributed by atoms with van der Waals surface area (Å²) in [4.78, 5) is 36.4. The molecule has 0 radical (unpaired) electrons. The van der Waals surface area contributed by atoms with Gasteiger partial charge in [0.25, 0.3) is 5.91 Å². The van der Waals surface area contributed by atoms with Crippen molar-refractivity contribution in [2.45, 2.75) is 6.42 Å². The van der Waals surface area contributed by atoms with Gasteiger partial charge in [-0.1, -0.05) is 66.2 Å². The van der Waals surface area contributed by atoms with Crippen LogP contribution in [-0.4, -0.2) is 30.8 Å².